The van der Waals surface area contributed by atoms with Gasteiger partial charge < -0.3 is 16.0 Å². The average molecular weight is 407 g/mol. The van der Waals surface area contributed by atoms with Crippen LogP contribution in [-0.4, -0.2) is 30.5 Å². The quantitative estimate of drug-likeness (QED) is 0.390. The largest absolute Gasteiger partial charge is 0.375 e. The van der Waals surface area contributed by atoms with Crippen molar-refractivity contribution in [3.05, 3.63) is 65.0 Å². The Morgan fingerprint density at radius 3 is 2.68 bits per heavy atom. The molecule has 28 heavy (non-hydrogen) atoms. The second-order valence-corrected chi connectivity index (χ2v) is 6.94. The number of hydrogen-bond donors (Lipinski definition) is 3. The van der Waals surface area contributed by atoms with Crippen molar-refractivity contribution in [2.75, 3.05) is 18.0 Å². The van der Waals surface area contributed by atoms with Crippen molar-refractivity contribution in [1.29, 1.82) is 0 Å². The minimum Gasteiger partial charge on any atom is -0.375 e. The van der Waals surface area contributed by atoms with Gasteiger partial charge in [0.1, 0.15) is 17.5 Å². The van der Waals surface area contributed by atoms with E-state index in [0.717, 1.165) is 24.3 Å². The summed E-state index contributed by atoms with van der Waals surface area (Å²) < 4.78 is 41.7. The lowest BCUT2D eigenvalue weighted by molar-refractivity contribution is 0.549. The van der Waals surface area contributed by atoms with E-state index in [1.165, 1.54) is 18.2 Å². The van der Waals surface area contributed by atoms with E-state index in [2.05, 4.69) is 28.1 Å². The Labute approximate surface area is 166 Å². The minimum atomic E-state index is -0.590. The van der Waals surface area contributed by atoms with Gasteiger partial charge in [-0.05, 0) is 42.4 Å². The van der Waals surface area contributed by atoms with Crippen molar-refractivity contribution in [2.24, 2.45) is 10.8 Å². The Morgan fingerprint density at radius 1 is 1.21 bits per heavy atom. The summed E-state index contributed by atoms with van der Waals surface area (Å²) in [7, 11) is 0. The third-order valence-corrected chi connectivity index (χ3v) is 4.57. The molecule has 0 bridgehead atoms. The van der Waals surface area contributed by atoms with E-state index < -0.39 is 11.6 Å². The molecule has 1 saturated heterocycles. The molecular formula is C19H20F3N5S. The second-order valence-electron chi connectivity index (χ2n) is 6.50. The molecule has 5 nitrogen and oxygen atoms in total. The molecule has 4 N–H and O–H groups in total. The van der Waals surface area contributed by atoms with Crippen LogP contribution in [0.15, 0.2) is 41.5 Å². The Balaban J connectivity index is 1.61. The molecule has 0 saturated carbocycles. The lowest BCUT2D eigenvalue weighted by atomic mass is 10.2. The lowest BCUT2D eigenvalue weighted by Gasteiger charge is -2.20. The van der Waals surface area contributed by atoms with Crippen LogP contribution in [0.3, 0.4) is 0 Å². The van der Waals surface area contributed by atoms with Gasteiger partial charge in [0.05, 0.1) is 11.9 Å². The summed E-state index contributed by atoms with van der Waals surface area (Å²) in [6, 6.07) is 8.65. The van der Waals surface area contributed by atoms with Gasteiger partial charge >= 0.3 is 0 Å². The first-order valence-electron chi connectivity index (χ1n) is 8.72. The van der Waals surface area contributed by atoms with E-state index in [0.29, 0.717) is 19.6 Å². The molecular weight excluding hydrogens is 387 g/mol. The molecule has 0 amide bonds. The topological polar surface area (TPSA) is 65.7 Å². The molecule has 9 heteroatoms. The van der Waals surface area contributed by atoms with Crippen LogP contribution >= 0.6 is 12.2 Å². The lowest BCUT2D eigenvalue weighted by Crippen LogP contribution is -2.32. The van der Waals surface area contributed by atoms with Crippen LogP contribution < -0.4 is 21.4 Å². The fraction of sp³-hybridized carbons (Fsp3) is 0.263. The standard InChI is InChI=1S/C19H20F3N5S/c20-14-3-1-12(2-4-14)9-24-15-5-6-27(11-15)18-8-16(21)13(7-17(18)22)10-25-26-19(23)28/h1-4,7-8,10,15,24H,5-6,9,11H2,(H3,23,26,28)/t15-/m0/s1. The first-order valence-corrected chi connectivity index (χ1v) is 9.13. The van der Waals surface area contributed by atoms with Gasteiger partial charge in [-0.2, -0.15) is 5.10 Å². The molecule has 0 aromatic heterocycles. The normalized spacial score (nSPS) is 16.7. The molecule has 1 aliphatic rings. The highest BCUT2D eigenvalue weighted by molar-refractivity contribution is 7.80. The number of hydrazone groups is 1. The molecule has 1 atom stereocenters. The number of halogens is 3. The van der Waals surface area contributed by atoms with Gasteiger partial charge in [0.25, 0.3) is 0 Å². The number of nitrogens with zero attached hydrogens (tertiary/aromatic N) is 2. The summed E-state index contributed by atoms with van der Waals surface area (Å²) in [5.41, 5.74) is 8.69. The van der Waals surface area contributed by atoms with Crippen LogP contribution in [0.1, 0.15) is 17.5 Å². The maximum Gasteiger partial charge on any atom is 0.184 e. The van der Waals surface area contributed by atoms with Crippen molar-refractivity contribution in [3.8, 4) is 0 Å². The monoisotopic (exact) mass is 407 g/mol. The van der Waals surface area contributed by atoms with Gasteiger partial charge in [-0.3, -0.25) is 5.43 Å². The third-order valence-electron chi connectivity index (χ3n) is 4.48. The van der Waals surface area contributed by atoms with Crippen molar-refractivity contribution < 1.29 is 13.2 Å². The number of benzene rings is 2. The fourth-order valence-electron chi connectivity index (χ4n) is 3.07. The number of nitrogens with one attached hydrogen (secondary N) is 2. The Hall–Kier alpha value is -2.65. The van der Waals surface area contributed by atoms with Gasteiger partial charge in [-0.25, -0.2) is 13.2 Å². The number of anilines is 1. The van der Waals surface area contributed by atoms with Gasteiger partial charge in [-0.1, -0.05) is 12.1 Å². The van der Waals surface area contributed by atoms with E-state index in [9.17, 15) is 13.2 Å². The van der Waals surface area contributed by atoms with Gasteiger partial charge in [0.15, 0.2) is 5.11 Å². The van der Waals surface area contributed by atoms with E-state index in [1.807, 2.05) is 0 Å². The molecule has 3 rings (SSSR count). The van der Waals surface area contributed by atoms with Crippen molar-refractivity contribution in [3.63, 3.8) is 0 Å². The van der Waals surface area contributed by atoms with Gasteiger partial charge in [0.2, 0.25) is 0 Å². The summed E-state index contributed by atoms with van der Waals surface area (Å²) in [6.07, 6.45) is 1.92. The molecule has 2 aromatic rings. The molecule has 0 aliphatic carbocycles. The molecule has 1 fully saturated rings. The first kappa shape index (κ1) is 20.1. The number of hydrogen-bond acceptors (Lipinski definition) is 4. The molecule has 1 heterocycles. The van der Waals surface area contributed by atoms with Crippen LogP contribution in [0.4, 0.5) is 18.9 Å². The molecule has 0 unspecified atom stereocenters. The van der Waals surface area contributed by atoms with Crippen LogP contribution in [0.25, 0.3) is 0 Å². The molecule has 0 spiro atoms. The molecule has 2 aromatic carbocycles. The number of rotatable bonds is 6. The minimum absolute atomic E-state index is 0.00446. The summed E-state index contributed by atoms with van der Waals surface area (Å²) >= 11 is 4.59. The molecule has 0 radical (unpaired) electrons. The summed E-state index contributed by atoms with van der Waals surface area (Å²) in [6.45, 7) is 1.74. The van der Waals surface area contributed by atoms with Crippen molar-refractivity contribution in [2.45, 2.75) is 19.0 Å². The van der Waals surface area contributed by atoms with Crippen LogP contribution in [0, 0.1) is 17.5 Å². The third kappa shape index (κ3) is 5.20. The zero-order chi connectivity index (χ0) is 20.1. The highest BCUT2D eigenvalue weighted by atomic mass is 32.1. The fourth-order valence-corrected chi connectivity index (χ4v) is 3.12. The maximum absolute atomic E-state index is 14.5. The molecule has 148 valence electrons. The highest BCUT2D eigenvalue weighted by Crippen LogP contribution is 2.26. The van der Waals surface area contributed by atoms with Crippen LogP contribution in [0.5, 0.6) is 0 Å². The zero-order valence-electron chi connectivity index (χ0n) is 15.0. The van der Waals surface area contributed by atoms with Crippen molar-refractivity contribution in [1.82, 2.24) is 10.7 Å². The van der Waals surface area contributed by atoms with Crippen LogP contribution in [0.2, 0.25) is 0 Å². The van der Waals surface area contributed by atoms with E-state index in [1.54, 1.807) is 17.0 Å². The van der Waals surface area contributed by atoms with Gasteiger partial charge in [-0.15, -0.1) is 0 Å². The average Bonchev–Trinajstić information content (AvgIpc) is 3.12. The second kappa shape index (κ2) is 9.03. The number of thiocarbonyl (C=S) groups is 1. The Morgan fingerprint density at radius 2 is 1.96 bits per heavy atom. The van der Waals surface area contributed by atoms with E-state index in [-0.39, 0.29) is 28.2 Å². The smallest absolute Gasteiger partial charge is 0.184 e. The van der Waals surface area contributed by atoms with Gasteiger partial charge in [0, 0.05) is 37.3 Å². The van der Waals surface area contributed by atoms with Crippen LogP contribution in [-0.2, 0) is 6.54 Å². The van der Waals surface area contributed by atoms with E-state index in [4.69, 9.17) is 5.73 Å². The first-order chi connectivity index (χ1) is 13.4. The predicted molar refractivity (Wildman–Crippen MR) is 108 cm³/mol. The highest BCUT2D eigenvalue weighted by Gasteiger charge is 2.25. The van der Waals surface area contributed by atoms with E-state index >= 15 is 0 Å². The maximum atomic E-state index is 14.5. The number of nitrogens with two attached hydrogens (primary N) is 1. The summed E-state index contributed by atoms with van der Waals surface area (Å²) in [5, 5.41) is 6.95. The SMILES string of the molecule is NC(=S)NN=Cc1cc(F)c(N2CC[C@H](NCc3ccc(F)cc3)C2)cc1F. The predicted octanol–water partition coefficient (Wildman–Crippen LogP) is 2.64. The summed E-state index contributed by atoms with van der Waals surface area (Å²) in [5.74, 6) is -1.40. The summed E-state index contributed by atoms with van der Waals surface area (Å²) in [4.78, 5) is 1.80. The zero-order valence-corrected chi connectivity index (χ0v) is 15.8. The molecule has 1 aliphatic heterocycles. The van der Waals surface area contributed by atoms with Crippen molar-refractivity contribution >= 4 is 29.2 Å². The Kier molecular flexibility index (Phi) is 6.48. The Bertz CT molecular complexity index is 873.